The highest BCUT2D eigenvalue weighted by molar-refractivity contribution is 6.46. The van der Waals surface area contributed by atoms with Crippen molar-refractivity contribution in [2.24, 2.45) is 0 Å². The molecule has 0 aromatic heterocycles. The van der Waals surface area contributed by atoms with Gasteiger partial charge in [0.05, 0.1) is 18.2 Å². The first-order chi connectivity index (χ1) is 17.5. The van der Waals surface area contributed by atoms with Gasteiger partial charge in [-0.15, -0.1) is 0 Å². The summed E-state index contributed by atoms with van der Waals surface area (Å²) in [5, 5.41) is 11.4. The Labute approximate surface area is 210 Å². The number of aliphatic hydroxyl groups excluding tert-OH is 1. The van der Waals surface area contributed by atoms with Gasteiger partial charge in [-0.1, -0.05) is 42.5 Å². The van der Waals surface area contributed by atoms with Gasteiger partial charge in [0.15, 0.2) is 0 Å². The van der Waals surface area contributed by atoms with Crippen molar-refractivity contribution in [3.05, 3.63) is 101 Å². The van der Waals surface area contributed by atoms with E-state index in [0.29, 0.717) is 30.9 Å². The van der Waals surface area contributed by atoms with Crippen LogP contribution in [0.25, 0.3) is 5.76 Å². The summed E-state index contributed by atoms with van der Waals surface area (Å²) in [6, 6.07) is 21.9. The monoisotopic (exact) mass is 483 g/mol. The molecule has 2 heterocycles. The van der Waals surface area contributed by atoms with Gasteiger partial charge in [0.25, 0.3) is 11.7 Å². The molecule has 0 spiro atoms. The van der Waals surface area contributed by atoms with Gasteiger partial charge in [-0.3, -0.25) is 9.59 Å². The summed E-state index contributed by atoms with van der Waals surface area (Å²) in [4.78, 5) is 28.1. The quantitative estimate of drug-likeness (QED) is 0.288. The summed E-state index contributed by atoms with van der Waals surface area (Å²) in [6.45, 7) is 4.78. The molecule has 5 rings (SSSR count). The molecule has 1 amide bonds. The lowest BCUT2D eigenvalue weighted by Gasteiger charge is -2.25. The Balaban J connectivity index is 1.56. The first kappa shape index (κ1) is 23.7. The molecule has 184 valence electrons. The molecule has 1 fully saturated rings. The van der Waals surface area contributed by atoms with Crippen LogP contribution in [0, 0.1) is 0 Å². The number of Topliss-reactive ketones (excluding diaryl/α,β-unsaturated/α-hetero) is 1. The fraction of sp³-hybridized carbons (Fsp3) is 0.267. The van der Waals surface area contributed by atoms with Crippen LogP contribution in [0.3, 0.4) is 0 Å². The number of hydrogen-bond acceptors (Lipinski definition) is 5. The van der Waals surface area contributed by atoms with E-state index in [9.17, 15) is 14.7 Å². The number of ketones is 1. The third-order valence-electron chi connectivity index (χ3n) is 6.70. The minimum absolute atomic E-state index is 0.0600. The van der Waals surface area contributed by atoms with Crippen LogP contribution < -0.4 is 9.47 Å². The molecule has 2 aliphatic heterocycles. The molecular weight excluding hydrogens is 454 g/mol. The number of fused-ring (bicyclic) bond motifs is 1. The fourth-order valence-corrected chi connectivity index (χ4v) is 4.99. The Morgan fingerprint density at radius 1 is 1.06 bits per heavy atom. The van der Waals surface area contributed by atoms with Crippen LogP contribution in [-0.2, 0) is 22.4 Å². The lowest BCUT2D eigenvalue weighted by atomic mass is 9.94. The maximum atomic E-state index is 13.3. The second kappa shape index (κ2) is 9.90. The molecule has 2 atom stereocenters. The zero-order valence-corrected chi connectivity index (χ0v) is 20.4. The summed E-state index contributed by atoms with van der Waals surface area (Å²) in [5.74, 6) is 0.0338. The van der Waals surface area contributed by atoms with E-state index in [0.717, 1.165) is 28.9 Å². The van der Waals surface area contributed by atoms with Gasteiger partial charge in [0.1, 0.15) is 23.4 Å². The number of aliphatic hydroxyl groups is 1. The van der Waals surface area contributed by atoms with E-state index in [1.165, 1.54) is 0 Å². The molecule has 1 N–H and O–H groups in total. The molecule has 36 heavy (non-hydrogen) atoms. The first-order valence-electron chi connectivity index (χ1n) is 12.3. The standard InChI is InChI=1S/C30H29NO5/c1-3-35-24-12-9-21(10-13-24)27-26(28(32)22-11-14-25-23(18-22)17-19(2)36-25)29(33)30(34)31(27)16-15-20-7-5-4-6-8-20/h4-14,18-19,27,32H,3,15-17H2,1-2H3/t19-,27-/m0/s1. The number of carbonyl (C=O) groups is 2. The van der Waals surface area contributed by atoms with Crippen molar-refractivity contribution >= 4 is 17.4 Å². The number of hydrogen-bond donors (Lipinski definition) is 1. The highest BCUT2D eigenvalue weighted by Gasteiger charge is 2.46. The number of amides is 1. The van der Waals surface area contributed by atoms with Crippen molar-refractivity contribution in [1.82, 2.24) is 4.90 Å². The average molecular weight is 484 g/mol. The molecule has 6 nitrogen and oxygen atoms in total. The van der Waals surface area contributed by atoms with Crippen molar-refractivity contribution in [2.45, 2.75) is 38.8 Å². The van der Waals surface area contributed by atoms with E-state index in [1.807, 2.05) is 80.6 Å². The smallest absolute Gasteiger partial charge is 0.295 e. The summed E-state index contributed by atoms with van der Waals surface area (Å²) >= 11 is 0. The third kappa shape index (κ3) is 4.47. The molecule has 0 unspecified atom stereocenters. The summed E-state index contributed by atoms with van der Waals surface area (Å²) in [7, 11) is 0. The topological polar surface area (TPSA) is 76.1 Å². The molecule has 2 aliphatic rings. The van der Waals surface area contributed by atoms with Crippen LogP contribution in [0.2, 0.25) is 0 Å². The predicted octanol–water partition coefficient (Wildman–Crippen LogP) is 5.07. The highest BCUT2D eigenvalue weighted by Crippen LogP contribution is 2.41. The van der Waals surface area contributed by atoms with Crippen molar-refractivity contribution in [3.63, 3.8) is 0 Å². The van der Waals surface area contributed by atoms with Crippen molar-refractivity contribution in [2.75, 3.05) is 13.2 Å². The highest BCUT2D eigenvalue weighted by atomic mass is 16.5. The Hall–Kier alpha value is -4.06. The molecule has 3 aromatic carbocycles. The minimum atomic E-state index is -0.701. The Morgan fingerprint density at radius 3 is 2.53 bits per heavy atom. The SMILES string of the molecule is CCOc1ccc([C@H]2C(=C(O)c3ccc4c(c3)C[C@H](C)O4)C(=O)C(=O)N2CCc2ccccc2)cc1. The van der Waals surface area contributed by atoms with Gasteiger partial charge < -0.3 is 19.5 Å². The Morgan fingerprint density at radius 2 is 1.81 bits per heavy atom. The molecule has 3 aromatic rings. The number of nitrogens with zero attached hydrogens (tertiary/aromatic N) is 1. The second-order valence-electron chi connectivity index (χ2n) is 9.19. The van der Waals surface area contributed by atoms with Crippen LogP contribution in [0.4, 0.5) is 0 Å². The van der Waals surface area contributed by atoms with Gasteiger partial charge in [0.2, 0.25) is 0 Å². The number of carbonyl (C=O) groups excluding carboxylic acids is 2. The molecule has 6 heteroatoms. The predicted molar refractivity (Wildman–Crippen MR) is 137 cm³/mol. The summed E-state index contributed by atoms with van der Waals surface area (Å²) < 4.78 is 11.4. The second-order valence-corrected chi connectivity index (χ2v) is 9.19. The number of benzene rings is 3. The van der Waals surface area contributed by atoms with E-state index in [4.69, 9.17) is 9.47 Å². The van der Waals surface area contributed by atoms with Gasteiger partial charge >= 0.3 is 0 Å². The molecule has 0 aliphatic carbocycles. The van der Waals surface area contributed by atoms with Gasteiger partial charge in [-0.05, 0) is 67.3 Å². The van der Waals surface area contributed by atoms with Crippen LogP contribution in [0.5, 0.6) is 11.5 Å². The molecule has 0 radical (unpaired) electrons. The van der Waals surface area contributed by atoms with E-state index in [-0.39, 0.29) is 17.4 Å². The Bertz CT molecular complexity index is 1310. The molecule has 0 bridgehead atoms. The molecule has 0 saturated carbocycles. The Kier molecular flexibility index (Phi) is 6.51. The summed E-state index contributed by atoms with van der Waals surface area (Å²) in [5.41, 5.74) is 3.39. The lowest BCUT2D eigenvalue weighted by molar-refractivity contribution is -0.139. The van der Waals surface area contributed by atoms with Gasteiger partial charge in [-0.25, -0.2) is 0 Å². The van der Waals surface area contributed by atoms with Crippen molar-refractivity contribution in [1.29, 1.82) is 0 Å². The number of rotatable bonds is 7. The number of likely N-dealkylation sites (tertiary alicyclic amines) is 1. The van der Waals surface area contributed by atoms with Crippen LogP contribution >= 0.6 is 0 Å². The van der Waals surface area contributed by atoms with E-state index in [2.05, 4.69) is 0 Å². The van der Waals surface area contributed by atoms with E-state index < -0.39 is 17.7 Å². The normalized spacial score (nSPS) is 20.3. The average Bonchev–Trinajstić information content (AvgIpc) is 3.39. The first-order valence-corrected chi connectivity index (χ1v) is 12.3. The fourth-order valence-electron chi connectivity index (χ4n) is 4.99. The largest absolute Gasteiger partial charge is 0.507 e. The molecule has 1 saturated heterocycles. The van der Waals surface area contributed by atoms with E-state index >= 15 is 0 Å². The number of ether oxygens (including phenoxy) is 2. The lowest BCUT2D eigenvalue weighted by Crippen LogP contribution is -2.31. The van der Waals surface area contributed by atoms with Crippen LogP contribution in [0.15, 0.2) is 78.4 Å². The third-order valence-corrected chi connectivity index (χ3v) is 6.70. The maximum absolute atomic E-state index is 13.3. The van der Waals surface area contributed by atoms with Crippen LogP contribution in [0.1, 0.15) is 42.1 Å². The zero-order chi connectivity index (χ0) is 25.2. The van der Waals surface area contributed by atoms with Gasteiger partial charge in [-0.2, -0.15) is 0 Å². The molecular formula is C30H29NO5. The van der Waals surface area contributed by atoms with Crippen molar-refractivity contribution in [3.8, 4) is 11.5 Å². The van der Waals surface area contributed by atoms with E-state index in [1.54, 1.807) is 11.0 Å². The summed E-state index contributed by atoms with van der Waals surface area (Å²) in [6.07, 6.45) is 1.38. The van der Waals surface area contributed by atoms with Crippen molar-refractivity contribution < 1.29 is 24.2 Å². The van der Waals surface area contributed by atoms with Crippen LogP contribution in [-0.4, -0.2) is 41.0 Å². The van der Waals surface area contributed by atoms with Gasteiger partial charge in [0, 0.05) is 18.5 Å². The minimum Gasteiger partial charge on any atom is -0.507 e. The zero-order valence-electron chi connectivity index (χ0n) is 20.4. The maximum Gasteiger partial charge on any atom is 0.295 e.